The van der Waals surface area contributed by atoms with Gasteiger partial charge in [-0.15, -0.1) is 0 Å². The van der Waals surface area contributed by atoms with Crippen molar-refractivity contribution in [3.8, 4) is 22.8 Å². The highest BCUT2D eigenvalue weighted by Gasteiger charge is 2.14. The van der Waals surface area contributed by atoms with Crippen LogP contribution in [0.3, 0.4) is 0 Å². The molecule has 0 unspecified atom stereocenters. The molecule has 4 aromatic rings. The average Bonchev–Trinajstić information content (AvgIpc) is 2.88. The number of hydrogen-bond donors (Lipinski definition) is 3. The van der Waals surface area contributed by atoms with E-state index in [1.54, 1.807) is 24.3 Å². The van der Waals surface area contributed by atoms with Crippen LogP contribution in [0, 0.1) is 0 Å². The van der Waals surface area contributed by atoms with Crippen molar-refractivity contribution in [1.82, 2.24) is 15.3 Å². The Morgan fingerprint density at radius 3 is 2.35 bits per heavy atom. The maximum Gasteiger partial charge on any atom is 0.269 e. The normalized spacial score (nSPS) is 10.5. The Hall–Kier alpha value is -4.56. The van der Waals surface area contributed by atoms with E-state index in [-0.39, 0.29) is 18.1 Å². The van der Waals surface area contributed by atoms with E-state index >= 15 is 0 Å². The molecule has 0 saturated carbocycles. The van der Waals surface area contributed by atoms with E-state index in [4.69, 9.17) is 16.2 Å². The molecule has 0 aliphatic carbocycles. The molecule has 5 N–H and O–H groups in total. The van der Waals surface area contributed by atoms with Crippen LogP contribution in [0.2, 0.25) is 0 Å². The zero-order valence-electron chi connectivity index (χ0n) is 18.3. The molecule has 0 saturated heterocycles. The number of aromatic nitrogens is 2. The van der Waals surface area contributed by atoms with E-state index in [0.717, 1.165) is 11.3 Å². The Bertz CT molecular complexity index is 1310. The highest BCUT2D eigenvalue weighted by atomic mass is 16.5. The summed E-state index contributed by atoms with van der Waals surface area (Å²) >= 11 is 0. The molecule has 170 valence electrons. The van der Waals surface area contributed by atoms with Gasteiger partial charge in [-0.2, -0.15) is 0 Å². The number of ether oxygens (including phenoxy) is 1. The summed E-state index contributed by atoms with van der Waals surface area (Å²) < 4.78 is 5.79. The molecule has 0 bridgehead atoms. The van der Waals surface area contributed by atoms with Crippen molar-refractivity contribution in [2.75, 3.05) is 0 Å². The van der Waals surface area contributed by atoms with Crippen LogP contribution in [0.15, 0.2) is 85.1 Å². The number of amides is 2. The Kier molecular flexibility index (Phi) is 6.90. The molecule has 0 atom stereocenters. The molecular formula is C26H23N5O3. The number of benzene rings is 3. The van der Waals surface area contributed by atoms with Crippen molar-refractivity contribution >= 4 is 11.8 Å². The van der Waals surface area contributed by atoms with Gasteiger partial charge in [0.15, 0.2) is 5.69 Å². The molecule has 0 radical (unpaired) electrons. The second-order valence-electron chi connectivity index (χ2n) is 7.44. The van der Waals surface area contributed by atoms with Crippen molar-refractivity contribution in [3.05, 3.63) is 108 Å². The van der Waals surface area contributed by atoms with E-state index in [1.165, 1.54) is 6.20 Å². The minimum Gasteiger partial charge on any atom is -0.457 e. The molecular weight excluding hydrogens is 430 g/mol. The lowest BCUT2D eigenvalue weighted by atomic mass is 10.1. The van der Waals surface area contributed by atoms with Crippen LogP contribution in [-0.2, 0) is 13.1 Å². The number of nitrogens with one attached hydrogen (secondary N) is 1. The lowest BCUT2D eigenvalue weighted by Gasteiger charge is -2.10. The van der Waals surface area contributed by atoms with E-state index in [1.807, 2.05) is 54.6 Å². The fourth-order valence-electron chi connectivity index (χ4n) is 3.30. The highest BCUT2D eigenvalue weighted by Crippen LogP contribution is 2.22. The molecule has 3 aromatic carbocycles. The van der Waals surface area contributed by atoms with Gasteiger partial charge >= 0.3 is 0 Å². The minimum absolute atomic E-state index is 0.0227. The second-order valence-corrected chi connectivity index (χ2v) is 7.44. The van der Waals surface area contributed by atoms with Crippen molar-refractivity contribution in [2.24, 2.45) is 11.5 Å². The van der Waals surface area contributed by atoms with Gasteiger partial charge in [-0.1, -0.05) is 42.5 Å². The quantitative estimate of drug-likeness (QED) is 0.374. The molecule has 0 aliphatic heterocycles. The van der Waals surface area contributed by atoms with Gasteiger partial charge in [-0.05, 0) is 42.0 Å². The summed E-state index contributed by atoms with van der Waals surface area (Å²) in [6.45, 7) is 0.402. The Balaban J connectivity index is 1.42. The lowest BCUT2D eigenvalue weighted by molar-refractivity contribution is 0.0949. The maximum absolute atomic E-state index is 12.7. The van der Waals surface area contributed by atoms with Crippen LogP contribution in [0.4, 0.5) is 0 Å². The number of nitrogens with zero attached hydrogens (tertiary/aromatic N) is 2. The summed E-state index contributed by atoms with van der Waals surface area (Å²) in [4.78, 5) is 32.9. The minimum atomic E-state index is -0.705. The van der Waals surface area contributed by atoms with Gasteiger partial charge in [0.05, 0.1) is 17.6 Å². The molecule has 2 amide bonds. The molecule has 4 rings (SSSR count). The maximum atomic E-state index is 12.7. The van der Waals surface area contributed by atoms with Crippen LogP contribution >= 0.6 is 0 Å². The van der Waals surface area contributed by atoms with Crippen molar-refractivity contribution in [2.45, 2.75) is 13.1 Å². The number of rotatable bonds is 8. The summed E-state index contributed by atoms with van der Waals surface area (Å²) in [5.74, 6) is 0.525. The topological polar surface area (TPSA) is 133 Å². The van der Waals surface area contributed by atoms with Crippen LogP contribution in [0.25, 0.3) is 11.3 Å². The first kappa shape index (κ1) is 22.6. The first-order chi connectivity index (χ1) is 16.5. The number of hydrogen-bond acceptors (Lipinski definition) is 6. The predicted molar refractivity (Wildman–Crippen MR) is 128 cm³/mol. The monoisotopic (exact) mass is 453 g/mol. The summed E-state index contributed by atoms with van der Waals surface area (Å²) in [7, 11) is 0. The van der Waals surface area contributed by atoms with Gasteiger partial charge in [0.1, 0.15) is 11.5 Å². The van der Waals surface area contributed by atoms with Crippen LogP contribution in [0.1, 0.15) is 32.1 Å². The van der Waals surface area contributed by atoms with Gasteiger partial charge in [0.25, 0.3) is 11.8 Å². The second kappa shape index (κ2) is 10.4. The third kappa shape index (κ3) is 5.43. The summed E-state index contributed by atoms with van der Waals surface area (Å²) in [5.41, 5.74) is 13.8. The fourth-order valence-corrected chi connectivity index (χ4v) is 3.30. The highest BCUT2D eigenvalue weighted by molar-refractivity contribution is 5.95. The third-order valence-corrected chi connectivity index (χ3v) is 5.05. The zero-order chi connectivity index (χ0) is 23.9. The van der Waals surface area contributed by atoms with E-state index < -0.39 is 5.91 Å². The fraction of sp³-hybridized carbons (Fsp3) is 0.0769. The predicted octanol–water partition coefficient (Wildman–Crippen LogP) is 3.42. The molecule has 8 nitrogen and oxygen atoms in total. The van der Waals surface area contributed by atoms with Crippen molar-refractivity contribution in [1.29, 1.82) is 0 Å². The van der Waals surface area contributed by atoms with E-state index in [0.29, 0.717) is 34.8 Å². The average molecular weight is 454 g/mol. The first-order valence-corrected chi connectivity index (χ1v) is 10.6. The van der Waals surface area contributed by atoms with E-state index in [9.17, 15) is 9.59 Å². The Labute approximate surface area is 196 Å². The van der Waals surface area contributed by atoms with Crippen LogP contribution < -0.4 is 21.5 Å². The lowest BCUT2D eigenvalue weighted by Crippen LogP contribution is -2.22. The first-order valence-electron chi connectivity index (χ1n) is 10.6. The van der Waals surface area contributed by atoms with Gasteiger partial charge < -0.3 is 21.5 Å². The van der Waals surface area contributed by atoms with Crippen molar-refractivity contribution < 1.29 is 14.3 Å². The van der Waals surface area contributed by atoms with Gasteiger partial charge in [-0.3, -0.25) is 14.6 Å². The molecule has 0 fully saturated rings. The van der Waals surface area contributed by atoms with Gasteiger partial charge in [0.2, 0.25) is 0 Å². The largest absolute Gasteiger partial charge is 0.457 e. The van der Waals surface area contributed by atoms with E-state index in [2.05, 4.69) is 15.3 Å². The van der Waals surface area contributed by atoms with Crippen LogP contribution in [-0.4, -0.2) is 21.8 Å². The number of carbonyl (C=O) groups excluding carboxylic acids is 2. The summed E-state index contributed by atoms with van der Waals surface area (Å²) in [6.07, 6.45) is 1.50. The Morgan fingerprint density at radius 1 is 0.912 bits per heavy atom. The molecule has 0 spiro atoms. The zero-order valence-corrected chi connectivity index (χ0v) is 18.3. The SMILES string of the molecule is NCc1ncc(-c2cccc(C(=O)NCc3ccc(Oc4ccccc4)cc3)c2)nc1C(N)=O. The number of carbonyl (C=O) groups is 2. The van der Waals surface area contributed by atoms with Crippen molar-refractivity contribution in [3.63, 3.8) is 0 Å². The van der Waals surface area contributed by atoms with Crippen LogP contribution in [0.5, 0.6) is 11.5 Å². The van der Waals surface area contributed by atoms with Gasteiger partial charge in [-0.25, -0.2) is 4.98 Å². The number of primary amides is 1. The molecule has 0 aliphatic rings. The molecule has 8 heteroatoms. The Morgan fingerprint density at radius 2 is 1.65 bits per heavy atom. The number of nitrogens with two attached hydrogens (primary N) is 2. The molecule has 1 heterocycles. The summed E-state index contributed by atoms with van der Waals surface area (Å²) in [6, 6.07) is 23.9. The number of para-hydroxylation sites is 1. The third-order valence-electron chi connectivity index (χ3n) is 5.05. The standard InChI is InChI=1S/C26H23N5O3/c27-14-22-24(25(28)32)31-23(16-29-22)18-5-4-6-19(13-18)26(33)30-15-17-9-11-21(12-10-17)34-20-7-2-1-3-8-20/h1-13,16H,14-15,27H2,(H2,28,32)(H,30,33). The smallest absolute Gasteiger partial charge is 0.269 e. The summed E-state index contributed by atoms with van der Waals surface area (Å²) in [5, 5.41) is 2.90. The van der Waals surface area contributed by atoms with Gasteiger partial charge in [0, 0.05) is 24.2 Å². The molecule has 1 aromatic heterocycles. The molecule has 34 heavy (non-hydrogen) atoms.